The zero-order valence-electron chi connectivity index (χ0n) is 14.7. The molecule has 0 saturated carbocycles. The number of hydrogen-bond donors (Lipinski definition) is 1. The Labute approximate surface area is 142 Å². The van der Waals surface area contributed by atoms with Gasteiger partial charge in [-0.25, -0.2) is 13.6 Å². The van der Waals surface area contributed by atoms with Gasteiger partial charge in [-0.15, -0.1) is 0 Å². The molecule has 1 aliphatic rings. The number of nitrogens with one attached hydrogen (secondary N) is 1. The highest BCUT2D eigenvalue weighted by Crippen LogP contribution is 2.22. The van der Waals surface area contributed by atoms with Crippen molar-refractivity contribution in [3.05, 3.63) is 35.4 Å². The van der Waals surface area contributed by atoms with Crippen LogP contribution >= 0.6 is 0 Å². The van der Waals surface area contributed by atoms with E-state index in [4.69, 9.17) is 4.74 Å². The Morgan fingerprint density at radius 2 is 2.12 bits per heavy atom. The molecule has 0 bridgehead atoms. The van der Waals surface area contributed by atoms with E-state index in [9.17, 15) is 13.6 Å². The van der Waals surface area contributed by atoms with Crippen LogP contribution in [0, 0.1) is 17.6 Å². The number of ether oxygens (including phenoxy) is 1. The second-order valence-electron chi connectivity index (χ2n) is 7.38. The normalized spacial score (nSPS) is 19.4. The number of rotatable bonds is 4. The summed E-state index contributed by atoms with van der Waals surface area (Å²) in [5.74, 6) is -0.591. The average molecular weight is 340 g/mol. The minimum absolute atomic E-state index is 0.275. The SMILES string of the molecule is CC(NCC1CCN(C(=O)OC(C)(C)C)C1)c1cc(F)ccc1F. The first-order valence-electron chi connectivity index (χ1n) is 8.32. The Morgan fingerprint density at radius 1 is 1.42 bits per heavy atom. The third-order valence-corrected chi connectivity index (χ3v) is 4.07. The molecule has 1 amide bonds. The summed E-state index contributed by atoms with van der Waals surface area (Å²) in [6.07, 6.45) is 0.569. The van der Waals surface area contributed by atoms with E-state index in [1.54, 1.807) is 11.8 Å². The van der Waals surface area contributed by atoms with Crippen molar-refractivity contribution in [1.82, 2.24) is 10.2 Å². The van der Waals surface area contributed by atoms with Crippen LogP contribution in [0.1, 0.15) is 45.7 Å². The molecular weight excluding hydrogens is 314 g/mol. The van der Waals surface area contributed by atoms with Crippen molar-refractivity contribution in [2.45, 2.75) is 45.8 Å². The third-order valence-electron chi connectivity index (χ3n) is 4.07. The van der Waals surface area contributed by atoms with E-state index in [0.29, 0.717) is 25.2 Å². The Morgan fingerprint density at radius 3 is 2.79 bits per heavy atom. The van der Waals surface area contributed by atoms with Crippen molar-refractivity contribution < 1.29 is 18.3 Å². The predicted octanol–water partition coefficient (Wildman–Crippen LogP) is 3.87. The number of benzene rings is 1. The summed E-state index contributed by atoms with van der Waals surface area (Å²) < 4.78 is 32.4. The molecule has 24 heavy (non-hydrogen) atoms. The quantitative estimate of drug-likeness (QED) is 0.904. The topological polar surface area (TPSA) is 41.6 Å². The van der Waals surface area contributed by atoms with Crippen molar-refractivity contribution >= 4 is 6.09 Å². The fourth-order valence-electron chi connectivity index (χ4n) is 2.79. The Kier molecular flexibility index (Phi) is 5.80. The fraction of sp³-hybridized carbons (Fsp3) is 0.611. The van der Waals surface area contributed by atoms with Gasteiger partial charge in [-0.2, -0.15) is 0 Å². The van der Waals surface area contributed by atoms with E-state index in [2.05, 4.69) is 5.32 Å². The molecule has 1 aromatic rings. The largest absolute Gasteiger partial charge is 0.444 e. The molecule has 2 rings (SSSR count). The number of likely N-dealkylation sites (tertiary alicyclic amines) is 1. The molecule has 1 N–H and O–H groups in total. The van der Waals surface area contributed by atoms with Gasteiger partial charge in [-0.05, 0) is 58.2 Å². The molecule has 4 nitrogen and oxygen atoms in total. The molecule has 1 aliphatic heterocycles. The maximum Gasteiger partial charge on any atom is 0.410 e. The molecule has 2 atom stereocenters. The molecule has 134 valence electrons. The summed E-state index contributed by atoms with van der Waals surface area (Å²) in [6.45, 7) is 9.23. The van der Waals surface area contributed by atoms with Gasteiger partial charge in [0.15, 0.2) is 0 Å². The fourth-order valence-corrected chi connectivity index (χ4v) is 2.79. The van der Waals surface area contributed by atoms with Crippen LogP contribution in [0.3, 0.4) is 0 Å². The van der Waals surface area contributed by atoms with Crippen molar-refractivity contribution in [3.63, 3.8) is 0 Å². The zero-order valence-corrected chi connectivity index (χ0v) is 14.7. The van der Waals surface area contributed by atoms with Gasteiger partial charge in [0.25, 0.3) is 0 Å². The number of hydrogen-bond acceptors (Lipinski definition) is 3. The van der Waals surface area contributed by atoms with Crippen LogP contribution in [0.2, 0.25) is 0 Å². The Bertz CT molecular complexity index is 587. The molecule has 2 unspecified atom stereocenters. The first-order chi connectivity index (χ1) is 11.2. The number of nitrogens with zero attached hydrogens (tertiary/aromatic N) is 1. The number of carbonyl (C=O) groups excluding carboxylic acids is 1. The molecule has 1 heterocycles. The second-order valence-corrected chi connectivity index (χ2v) is 7.38. The summed E-state index contributed by atoms with van der Waals surface area (Å²) in [4.78, 5) is 13.7. The summed E-state index contributed by atoms with van der Waals surface area (Å²) >= 11 is 0. The van der Waals surface area contributed by atoms with Crippen LogP contribution in [0.4, 0.5) is 13.6 Å². The lowest BCUT2D eigenvalue weighted by Crippen LogP contribution is -2.36. The summed E-state index contributed by atoms with van der Waals surface area (Å²) in [7, 11) is 0. The Balaban J connectivity index is 1.83. The lowest BCUT2D eigenvalue weighted by Gasteiger charge is -2.24. The molecule has 1 saturated heterocycles. The lowest BCUT2D eigenvalue weighted by atomic mass is 10.1. The lowest BCUT2D eigenvalue weighted by molar-refractivity contribution is 0.0288. The third kappa shape index (κ3) is 5.16. The van der Waals surface area contributed by atoms with Gasteiger partial charge < -0.3 is 15.0 Å². The summed E-state index contributed by atoms with van der Waals surface area (Å²) in [5.41, 5.74) is -0.186. The Hall–Kier alpha value is -1.69. The van der Waals surface area contributed by atoms with E-state index in [0.717, 1.165) is 18.6 Å². The monoisotopic (exact) mass is 340 g/mol. The molecule has 0 spiro atoms. The van der Waals surface area contributed by atoms with Gasteiger partial charge in [-0.3, -0.25) is 0 Å². The van der Waals surface area contributed by atoms with Gasteiger partial charge in [0.05, 0.1) is 0 Å². The number of carbonyl (C=O) groups is 1. The van der Waals surface area contributed by atoms with E-state index in [1.165, 1.54) is 6.07 Å². The number of halogens is 2. The highest BCUT2D eigenvalue weighted by molar-refractivity contribution is 5.68. The first-order valence-corrected chi connectivity index (χ1v) is 8.32. The summed E-state index contributed by atoms with van der Waals surface area (Å²) in [5, 5.41) is 3.23. The minimum atomic E-state index is -0.503. The van der Waals surface area contributed by atoms with Gasteiger partial charge in [0, 0.05) is 31.2 Å². The second kappa shape index (κ2) is 7.47. The summed E-state index contributed by atoms with van der Waals surface area (Å²) in [6, 6.07) is 3.18. The number of amides is 1. The maximum atomic E-state index is 13.8. The van der Waals surface area contributed by atoms with Gasteiger partial charge in [0.2, 0.25) is 0 Å². The minimum Gasteiger partial charge on any atom is -0.444 e. The average Bonchev–Trinajstić information content (AvgIpc) is 2.94. The van der Waals surface area contributed by atoms with E-state index >= 15 is 0 Å². The predicted molar refractivity (Wildman–Crippen MR) is 88.7 cm³/mol. The van der Waals surface area contributed by atoms with Gasteiger partial charge in [-0.1, -0.05) is 0 Å². The van der Waals surface area contributed by atoms with Gasteiger partial charge >= 0.3 is 6.09 Å². The smallest absolute Gasteiger partial charge is 0.410 e. The van der Waals surface area contributed by atoms with Crippen LogP contribution in [-0.2, 0) is 4.74 Å². The van der Waals surface area contributed by atoms with Crippen molar-refractivity contribution in [3.8, 4) is 0 Å². The standard InChI is InChI=1S/C18H26F2N2O2/c1-12(15-9-14(19)5-6-16(15)20)21-10-13-7-8-22(11-13)17(23)24-18(2,3)4/h5-6,9,12-13,21H,7-8,10-11H2,1-4H3. The molecule has 6 heteroatoms. The molecule has 0 aromatic heterocycles. The van der Waals surface area contributed by atoms with Gasteiger partial charge in [0.1, 0.15) is 17.2 Å². The van der Waals surface area contributed by atoms with Crippen LogP contribution in [0.5, 0.6) is 0 Å². The zero-order chi connectivity index (χ0) is 17.9. The van der Waals surface area contributed by atoms with E-state index in [1.807, 2.05) is 20.8 Å². The van der Waals surface area contributed by atoms with Crippen molar-refractivity contribution in [1.29, 1.82) is 0 Å². The first kappa shape index (κ1) is 18.6. The molecular formula is C18H26F2N2O2. The van der Waals surface area contributed by atoms with E-state index in [-0.39, 0.29) is 18.1 Å². The van der Waals surface area contributed by atoms with Crippen molar-refractivity contribution in [2.24, 2.45) is 5.92 Å². The highest BCUT2D eigenvalue weighted by Gasteiger charge is 2.29. The molecule has 0 radical (unpaired) electrons. The van der Waals surface area contributed by atoms with Crippen molar-refractivity contribution in [2.75, 3.05) is 19.6 Å². The van der Waals surface area contributed by atoms with E-state index < -0.39 is 17.2 Å². The van der Waals surface area contributed by atoms with Crippen LogP contribution in [-0.4, -0.2) is 36.2 Å². The molecule has 1 aromatic carbocycles. The van der Waals surface area contributed by atoms with Crippen LogP contribution < -0.4 is 5.32 Å². The molecule has 0 aliphatic carbocycles. The molecule has 1 fully saturated rings. The van der Waals surface area contributed by atoms with Crippen LogP contribution in [0.25, 0.3) is 0 Å². The highest BCUT2D eigenvalue weighted by atomic mass is 19.1. The van der Waals surface area contributed by atoms with Crippen LogP contribution in [0.15, 0.2) is 18.2 Å². The maximum absolute atomic E-state index is 13.8.